The summed E-state index contributed by atoms with van der Waals surface area (Å²) in [5.74, 6) is -0.860. The second kappa shape index (κ2) is 3.52. The lowest BCUT2D eigenvalue weighted by Crippen LogP contribution is -2.42. The molecule has 0 radical (unpaired) electrons. The fourth-order valence-electron chi connectivity index (χ4n) is 1.33. The van der Waals surface area contributed by atoms with Crippen molar-refractivity contribution in [3.63, 3.8) is 0 Å². The number of allylic oxidation sites excluding steroid dienone is 2. The number of rotatable bonds is 1. The molecule has 15 heavy (non-hydrogen) atoms. The molecular weight excluding hydrogens is 220 g/mol. The van der Waals surface area contributed by atoms with Gasteiger partial charge in [0.15, 0.2) is 12.1 Å². The van der Waals surface area contributed by atoms with Gasteiger partial charge in [-0.2, -0.15) is 0 Å². The van der Waals surface area contributed by atoms with Crippen LogP contribution in [0.15, 0.2) is 40.1 Å². The third-order valence-electron chi connectivity index (χ3n) is 2.06. The van der Waals surface area contributed by atoms with Crippen LogP contribution in [0.5, 0.6) is 0 Å². The van der Waals surface area contributed by atoms with Crippen LogP contribution in [0.2, 0.25) is 0 Å². The lowest BCUT2D eigenvalue weighted by Gasteiger charge is -2.31. The first-order chi connectivity index (χ1) is 7.11. The molecule has 2 aliphatic heterocycles. The fourth-order valence-corrected chi connectivity index (χ4v) is 1.55. The number of carboxylic acids is 1. The highest BCUT2D eigenvalue weighted by molar-refractivity contribution is 6.43. The molecule has 0 aromatic carbocycles. The molecule has 78 valence electrons. The van der Waals surface area contributed by atoms with E-state index in [1.807, 2.05) is 0 Å². The van der Waals surface area contributed by atoms with Gasteiger partial charge in [-0.1, -0.05) is 11.6 Å². The summed E-state index contributed by atoms with van der Waals surface area (Å²) in [4.78, 5) is 15.9. The first kappa shape index (κ1) is 9.95. The van der Waals surface area contributed by atoms with E-state index in [0.29, 0.717) is 10.9 Å². The first-order valence-electron chi connectivity index (χ1n) is 4.13. The Hall–Kier alpha value is -1.59. The minimum Gasteiger partial charge on any atom is -0.478 e. The van der Waals surface area contributed by atoms with Gasteiger partial charge in [-0.15, -0.1) is 0 Å². The van der Waals surface area contributed by atoms with E-state index < -0.39 is 12.2 Å². The Morgan fingerprint density at radius 1 is 1.60 bits per heavy atom. The van der Waals surface area contributed by atoms with Gasteiger partial charge >= 0.3 is 5.97 Å². The number of nitrogens with zero attached hydrogens (tertiary/aromatic N) is 2. The van der Waals surface area contributed by atoms with Crippen molar-refractivity contribution in [1.82, 2.24) is 4.90 Å². The monoisotopic (exact) mass is 226 g/mol. The molecule has 0 amide bonds. The van der Waals surface area contributed by atoms with E-state index in [4.69, 9.17) is 16.7 Å². The summed E-state index contributed by atoms with van der Waals surface area (Å²) >= 11 is 5.83. The summed E-state index contributed by atoms with van der Waals surface area (Å²) in [5.41, 5.74) is -0.185. The minimum atomic E-state index is -1.26. The maximum atomic E-state index is 10.7. The zero-order valence-corrected chi connectivity index (χ0v) is 8.22. The second-order valence-electron chi connectivity index (χ2n) is 2.98. The van der Waals surface area contributed by atoms with Crippen LogP contribution in [0.1, 0.15) is 0 Å². The Bertz CT molecular complexity index is 437. The number of aliphatic hydroxyl groups is 1. The maximum absolute atomic E-state index is 10.7. The van der Waals surface area contributed by atoms with Gasteiger partial charge in [-0.05, 0) is 12.2 Å². The molecule has 1 atom stereocenters. The van der Waals surface area contributed by atoms with Crippen LogP contribution in [0.25, 0.3) is 0 Å². The van der Waals surface area contributed by atoms with E-state index in [1.165, 1.54) is 11.1 Å². The number of carboxylic acid groups (broad SMARTS) is 1. The molecule has 2 N–H and O–H groups in total. The standard InChI is InChI=1S/C9H7ClN2O3/c10-6-2-1-3-12-7(6)11-4-5(8(12)13)9(14)15/h1-4,8,13H,(H,14,15)/t8-/m1/s1. The molecular formula is C9H7ClN2O3. The summed E-state index contributed by atoms with van der Waals surface area (Å²) in [6, 6.07) is 0. The number of carbonyl (C=O) groups is 1. The van der Waals surface area contributed by atoms with Crippen LogP contribution >= 0.6 is 11.6 Å². The van der Waals surface area contributed by atoms with Crippen molar-refractivity contribution in [3.8, 4) is 0 Å². The van der Waals surface area contributed by atoms with Crippen molar-refractivity contribution in [2.24, 2.45) is 4.99 Å². The van der Waals surface area contributed by atoms with Crippen molar-refractivity contribution in [1.29, 1.82) is 0 Å². The van der Waals surface area contributed by atoms with Crippen LogP contribution in [0, 0.1) is 0 Å². The lowest BCUT2D eigenvalue weighted by molar-refractivity contribution is -0.134. The van der Waals surface area contributed by atoms with Crippen molar-refractivity contribution in [2.45, 2.75) is 6.23 Å². The summed E-state index contributed by atoms with van der Waals surface area (Å²) in [6.45, 7) is 0. The molecule has 0 aliphatic carbocycles. The van der Waals surface area contributed by atoms with Crippen molar-refractivity contribution < 1.29 is 15.0 Å². The van der Waals surface area contributed by atoms with E-state index in [1.54, 1.807) is 12.2 Å². The van der Waals surface area contributed by atoms with E-state index >= 15 is 0 Å². The van der Waals surface area contributed by atoms with Crippen molar-refractivity contribution >= 4 is 23.4 Å². The molecule has 2 heterocycles. The minimum absolute atomic E-state index is 0.185. The third kappa shape index (κ3) is 1.55. The van der Waals surface area contributed by atoms with Crippen LogP contribution in [0.4, 0.5) is 0 Å². The Morgan fingerprint density at radius 3 is 3.00 bits per heavy atom. The quantitative estimate of drug-likeness (QED) is 0.688. The van der Waals surface area contributed by atoms with Crippen LogP contribution < -0.4 is 0 Å². The molecule has 0 aromatic rings. The highest BCUT2D eigenvalue weighted by Crippen LogP contribution is 2.23. The fraction of sp³-hybridized carbons (Fsp3) is 0.111. The van der Waals surface area contributed by atoms with Gasteiger partial charge in [-0.25, -0.2) is 9.79 Å². The van der Waals surface area contributed by atoms with E-state index in [9.17, 15) is 9.90 Å². The van der Waals surface area contributed by atoms with Gasteiger partial charge in [0.2, 0.25) is 0 Å². The molecule has 0 unspecified atom stereocenters. The van der Waals surface area contributed by atoms with Gasteiger partial charge < -0.3 is 15.1 Å². The van der Waals surface area contributed by atoms with Gasteiger partial charge in [0.05, 0.1) is 5.03 Å². The number of aliphatic carboxylic acids is 1. The van der Waals surface area contributed by atoms with Crippen LogP contribution in [-0.4, -0.2) is 33.1 Å². The van der Waals surface area contributed by atoms with E-state index in [2.05, 4.69) is 4.99 Å². The van der Waals surface area contributed by atoms with Gasteiger partial charge in [0.1, 0.15) is 5.57 Å². The molecule has 6 heteroatoms. The molecule has 2 aliphatic rings. The highest BCUT2D eigenvalue weighted by atomic mass is 35.5. The number of hydrogen-bond acceptors (Lipinski definition) is 4. The Labute approximate surface area is 90.3 Å². The Balaban J connectivity index is 2.44. The molecule has 2 rings (SSSR count). The summed E-state index contributed by atoms with van der Waals surface area (Å²) in [7, 11) is 0. The van der Waals surface area contributed by atoms with E-state index in [0.717, 1.165) is 6.20 Å². The average molecular weight is 227 g/mol. The predicted molar refractivity (Wildman–Crippen MR) is 54.1 cm³/mol. The zero-order valence-electron chi connectivity index (χ0n) is 7.46. The third-order valence-corrected chi connectivity index (χ3v) is 2.36. The van der Waals surface area contributed by atoms with Gasteiger partial charge in [0, 0.05) is 12.4 Å². The summed E-state index contributed by atoms with van der Waals surface area (Å²) < 4.78 is 0. The SMILES string of the molecule is O=C(O)C1=CN=C2C(Cl)=CC=CN2[C@@H]1O. The molecule has 0 bridgehead atoms. The van der Waals surface area contributed by atoms with Gasteiger partial charge in [0.25, 0.3) is 0 Å². The molecule has 5 nitrogen and oxygen atoms in total. The zero-order chi connectivity index (χ0) is 11.0. The molecule has 0 saturated carbocycles. The topological polar surface area (TPSA) is 73.1 Å². The number of aliphatic imine (C=N–C) groups is 1. The normalized spacial score (nSPS) is 24.0. The molecule has 0 spiro atoms. The molecule has 0 aromatic heterocycles. The largest absolute Gasteiger partial charge is 0.478 e. The lowest BCUT2D eigenvalue weighted by atomic mass is 10.1. The van der Waals surface area contributed by atoms with Crippen LogP contribution in [-0.2, 0) is 4.79 Å². The second-order valence-corrected chi connectivity index (χ2v) is 3.39. The number of fused-ring (bicyclic) bond motifs is 1. The smallest absolute Gasteiger partial charge is 0.337 e. The predicted octanol–water partition coefficient (Wildman–Crippen LogP) is 0.637. The van der Waals surface area contributed by atoms with Crippen molar-refractivity contribution in [3.05, 3.63) is 35.2 Å². The number of aliphatic hydroxyl groups excluding tert-OH is 1. The maximum Gasteiger partial charge on any atom is 0.337 e. The Morgan fingerprint density at radius 2 is 2.33 bits per heavy atom. The van der Waals surface area contributed by atoms with Gasteiger partial charge in [-0.3, -0.25) is 0 Å². The van der Waals surface area contributed by atoms with E-state index in [-0.39, 0.29) is 5.57 Å². The molecule has 0 fully saturated rings. The first-order valence-corrected chi connectivity index (χ1v) is 4.51. The van der Waals surface area contributed by atoms with Crippen LogP contribution in [0.3, 0.4) is 0 Å². The summed E-state index contributed by atoms with van der Waals surface area (Å²) in [5, 5.41) is 18.8. The molecule has 0 saturated heterocycles. The summed E-state index contributed by atoms with van der Waals surface area (Å²) in [6.07, 6.45) is 4.59. The van der Waals surface area contributed by atoms with Crippen molar-refractivity contribution in [2.75, 3.05) is 0 Å². The Kier molecular flexibility index (Phi) is 2.34. The number of hydrogen-bond donors (Lipinski definition) is 2. The number of halogens is 1. The number of amidine groups is 1. The highest BCUT2D eigenvalue weighted by Gasteiger charge is 2.31. The average Bonchev–Trinajstić information content (AvgIpc) is 2.19.